The van der Waals surface area contributed by atoms with E-state index in [0.717, 1.165) is 34.6 Å². The highest BCUT2D eigenvalue weighted by molar-refractivity contribution is 7.20. The van der Waals surface area contributed by atoms with Crippen LogP contribution in [0.5, 0.6) is 5.06 Å². The number of thiophene rings is 3. The van der Waals surface area contributed by atoms with Crippen LogP contribution in [0.1, 0.15) is 110 Å². The van der Waals surface area contributed by atoms with Gasteiger partial charge in [-0.25, -0.2) is 0 Å². The Bertz CT molecular complexity index is 1010. The highest BCUT2D eigenvalue weighted by atomic mass is 32.1. The topological polar surface area (TPSA) is 26.3 Å². The van der Waals surface area contributed by atoms with E-state index in [4.69, 9.17) is 4.74 Å². The molecule has 0 unspecified atom stereocenters. The fourth-order valence-electron chi connectivity index (χ4n) is 4.52. The van der Waals surface area contributed by atoms with Gasteiger partial charge in [0.1, 0.15) is 0 Å². The van der Waals surface area contributed by atoms with Gasteiger partial charge in [-0.15, -0.1) is 34.0 Å². The Morgan fingerprint density at radius 3 is 1.77 bits per heavy atom. The number of aryl methyl sites for hydroxylation is 2. The molecule has 0 N–H and O–H groups in total. The summed E-state index contributed by atoms with van der Waals surface area (Å²) >= 11 is 5.23. The molecule has 0 aliphatic rings. The summed E-state index contributed by atoms with van der Waals surface area (Å²) in [4.78, 5) is 17.8. The summed E-state index contributed by atoms with van der Waals surface area (Å²) in [6.07, 6.45) is 19.0. The zero-order chi connectivity index (χ0) is 24.9. The lowest BCUT2D eigenvalue weighted by molar-refractivity contribution is 0.112. The monoisotopic (exact) mass is 530 g/mol. The highest BCUT2D eigenvalue weighted by Crippen LogP contribution is 2.45. The number of carbonyl (C=O) groups excluding carboxylic acids is 1. The summed E-state index contributed by atoms with van der Waals surface area (Å²) in [6, 6.07) is 8.95. The van der Waals surface area contributed by atoms with Gasteiger partial charge < -0.3 is 4.74 Å². The summed E-state index contributed by atoms with van der Waals surface area (Å²) in [5.74, 6) is 0. The maximum atomic E-state index is 11.8. The number of rotatable bonds is 18. The molecule has 35 heavy (non-hydrogen) atoms. The van der Waals surface area contributed by atoms with E-state index in [-0.39, 0.29) is 0 Å². The molecule has 0 aromatic carbocycles. The molecule has 3 rings (SSSR count). The second kappa shape index (κ2) is 15.6. The number of aldehydes is 1. The Labute approximate surface area is 224 Å². The first-order chi connectivity index (χ1) is 17.2. The molecule has 0 fully saturated rings. The molecule has 192 valence electrons. The van der Waals surface area contributed by atoms with E-state index in [1.165, 1.54) is 102 Å². The number of carbonyl (C=O) groups is 1. The zero-order valence-electron chi connectivity index (χ0n) is 21.8. The fraction of sp³-hybridized carbons (Fsp3) is 0.567. The third kappa shape index (κ3) is 8.58. The fourth-order valence-corrected chi connectivity index (χ4v) is 7.75. The van der Waals surface area contributed by atoms with Crippen molar-refractivity contribution in [1.82, 2.24) is 0 Å². The largest absolute Gasteiger partial charge is 0.487 e. The van der Waals surface area contributed by atoms with Gasteiger partial charge in [-0.3, -0.25) is 4.79 Å². The second-order valence-corrected chi connectivity index (χ2v) is 12.8. The first-order valence-corrected chi connectivity index (χ1v) is 16.0. The second-order valence-electron chi connectivity index (χ2n) is 9.43. The van der Waals surface area contributed by atoms with Crippen LogP contribution in [0, 0.1) is 0 Å². The van der Waals surface area contributed by atoms with Gasteiger partial charge in [-0.1, -0.05) is 78.1 Å². The van der Waals surface area contributed by atoms with E-state index in [9.17, 15) is 4.79 Å². The van der Waals surface area contributed by atoms with Gasteiger partial charge in [0.05, 0.1) is 12.0 Å². The van der Waals surface area contributed by atoms with E-state index < -0.39 is 0 Å². The lowest BCUT2D eigenvalue weighted by atomic mass is 10.1. The van der Waals surface area contributed by atoms with Crippen molar-refractivity contribution in [3.05, 3.63) is 38.9 Å². The van der Waals surface area contributed by atoms with E-state index in [1.54, 1.807) is 41.1 Å². The Balaban J connectivity index is 1.63. The standard InChI is InChI=1S/C30H42O2S3/c1-4-6-8-10-12-14-16-23-20-25(29(22-31)33-23)27-18-19-28(35-27)26-21-24(34-30(26)32-3)17-15-13-11-9-7-5-2/h18-22H,4-17H2,1-3H3. The molecule has 3 aromatic rings. The smallest absolute Gasteiger partial charge is 0.182 e. The number of unbranched alkanes of at least 4 members (excludes halogenated alkanes) is 10. The van der Waals surface area contributed by atoms with Crippen LogP contribution in [0.4, 0.5) is 0 Å². The lowest BCUT2D eigenvalue weighted by Gasteiger charge is -1.99. The quantitative estimate of drug-likeness (QED) is 0.121. The molecule has 0 radical (unpaired) electrons. The zero-order valence-corrected chi connectivity index (χ0v) is 24.3. The van der Waals surface area contributed by atoms with Crippen LogP contribution >= 0.6 is 34.0 Å². The van der Waals surface area contributed by atoms with E-state index in [0.29, 0.717) is 0 Å². The Kier molecular flexibility index (Phi) is 12.6. The molecule has 3 aromatic heterocycles. The Morgan fingerprint density at radius 1 is 0.686 bits per heavy atom. The average Bonchev–Trinajstić information content (AvgIpc) is 3.61. The summed E-state index contributed by atoms with van der Waals surface area (Å²) in [7, 11) is 1.77. The summed E-state index contributed by atoms with van der Waals surface area (Å²) < 4.78 is 5.75. The normalized spacial score (nSPS) is 11.3. The predicted octanol–water partition coefficient (Wildman–Crippen LogP) is 10.8. The van der Waals surface area contributed by atoms with E-state index >= 15 is 0 Å². The molecule has 0 saturated carbocycles. The van der Waals surface area contributed by atoms with Gasteiger partial charge in [0.25, 0.3) is 0 Å². The van der Waals surface area contributed by atoms with Crippen molar-refractivity contribution < 1.29 is 9.53 Å². The van der Waals surface area contributed by atoms with Crippen molar-refractivity contribution in [3.8, 4) is 25.9 Å². The van der Waals surface area contributed by atoms with Crippen LogP contribution in [0.15, 0.2) is 24.3 Å². The van der Waals surface area contributed by atoms with Crippen molar-refractivity contribution in [1.29, 1.82) is 0 Å². The van der Waals surface area contributed by atoms with Crippen molar-refractivity contribution in [2.24, 2.45) is 0 Å². The maximum Gasteiger partial charge on any atom is 0.182 e. The number of methoxy groups -OCH3 is 1. The van der Waals surface area contributed by atoms with Gasteiger partial charge >= 0.3 is 0 Å². The van der Waals surface area contributed by atoms with Crippen molar-refractivity contribution >= 4 is 40.3 Å². The van der Waals surface area contributed by atoms with Gasteiger partial charge in [-0.2, -0.15) is 0 Å². The maximum absolute atomic E-state index is 11.8. The number of hydrogen-bond donors (Lipinski definition) is 0. The van der Waals surface area contributed by atoms with E-state index in [2.05, 4.69) is 38.1 Å². The van der Waals surface area contributed by atoms with Crippen LogP contribution < -0.4 is 4.74 Å². The Morgan fingerprint density at radius 2 is 1.20 bits per heavy atom. The van der Waals surface area contributed by atoms with Crippen molar-refractivity contribution in [2.75, 3.05) is 7.11 Å². The molecular formula is C30H42O2S3. The molecule has 3 heterocycles. The molecule has 0 saturated heterocycles. The van der Waals surface area contributed by atoms with Gasteiger partial charge in [0.2, 0.25) is 0 Å². The SMILES string of the molecule is CCCCCCCCc1cc(-c2ccc(-c3cc(CCCCCCCC)sc3OC)s2)c(C=O)s1. The third-order valence-electron chi connectivity index (χ3n) is 6.54. The first-order valence-electron chi connectivity index (χ1n) is 13.5. The summed E-state index contributed by atoms with van der Waals surface area (Å²) in [6.45, 7) is 4.52. The van der Waals surface area contributed by atoms with Crippen LogP contribution in [0.25, 0.3) is 20.9 Å². The minimum atomic E-state index is 0.862. The molecule has 0 aliphatic heterocycles. The van der Waals surface area contributed by atoms with Gasteiger partial charge in [-0.05, 0) is 49.9 Å². The van der Waals surface area contributed by atoms with Gasteiger partial charge in [0, 0.05) is 30.6 Å². The Hall–Kier alpha value is -1.43. The molecule has 0 atom stereocenters. The summed E-state index contributed by atoms with van der Waals surface area (Å²) in [5, 5.41) is 1.00. The van der Waals surface area contributed by atoms with Crippen LogP contribution in [-0.4, -0.2) is 13.4 Å². The molecule has 0 spiro atoms. The molecule has 0 bridgehead atoms. The molecular weight excluding hydrogens is 489 g/mol. The van der Waals surface area contributed by atoms with Crippen LogP contribution in [0.3, 0.4) is 0 Å². The average molecular weight is 531 g/mol. The van der Waals surface area contributed by atoms with Crippen molar-refractivity contribution in [3.63, 3.8) is 0 Å². The molecule has 0 amide bonds. The third-order valence-corrected chi connectivity index (χ3v) is 9.97. The molecule has 5 heteroatoms. The van der Waals surface area contributed by atoms with Gasteiger partial charge in [0.15, 0.2) is 11.3 Å². The molecule has 0 aliphatic carbocycles. The number of ether oxygens (including phenoxy) is 1. The van der Waals surface area contributed by atoms with E-state index in [1.807, 2.05) is 0 Å². The van der Waals surface area contributed by atoms with Crippen LogP contribution in [-0.2, 0) is 12.8 Å². The minimum absolute atomic E-state index is 0.862. The molecule has 2 nitrogen and oxygen atoms in total. The number of hydrogen-bond acceptors (Lipinski definition) is 5. The first kappa shape index (κ1) is 28.1. The predicted molar refractivity (Wildman–Crippen MR) is 157 cm³/mol. The van der Waals surface area contributed by atoms with Crippen LogP contribution in [0.2, 0.25) is 0 Å². The lowest BCUT2D eigenvalue weighted by Crippen LogP contribution is -1.82. The summed E-state index contributed by atoms with van der Waals surface area (Å²) in [5.41, 5.74) is 2.30. The van der Waals surface area contributed by atoms with Crippen molar-refractivity contribution in [2.45, 2.75) is 104 Å². The highest BCUT2D eigenvalue weighted by Gasteiger charge is 2.17. The minimum Gasteiger partial charge on any atom is -0.487 e.